The minimum absolute atomic E-state index is 0.750. The fraction of sp³-hybridized carbons (Fsp3) is 1.00. The van der Waals surface area contributed by atoms with Crippen LogP contribution in [0.3, 0.4) is 0 Å². The second-order valence-electron chi connectivity index (χ2n) is 7.57. The van der Waals surface area contributed by atoms with Gasteiger partial charge in [0.25, 0.3) is 0 Å². The van der Waals surface area contributed by atoms with Crippen molar-refractivity contribution in [3.05, 3.63) is 0 Å². The molecule has 0 aromatic heterocycles. The molecule has 2 heteroatoms. The Morgan fingerprint density at radius 2 is 0.826 bits per heavy atom. The number of nitrogens with zero attached hydrogens (tertiary/aromatic N) is 1. The first-order valence-electron chi connectivity index (χ1n) is 10.3. The monoisotopic (exact) mass is 329 g/mol. The third kappa shape index (κ3) is 21.9. The zero-order chi connectivity index (χ0) is 17.8. The molecule has 0 aromatic rings. The van der Waals surface area contributed by atoms with E-state index in [2.05, 4.69) is 27.9 Å². The molecule has 0 N–H and O–H groups in total. The van der Waals surface area contributed by atoms with Gasteiger partial charge < -0.3 is 9.59 Å². The molecule has 0 saturated heterocycles. The van der Waals surface area contributed by atoms with Gasteiger partial charge in [-0.2, -0.15) is 7.11 Å². The van der Waals surface area contributed by atoms with Crippen LogP contribution in [0.4, 0.5) is 0 Å². The van der Waals surface area contributed by atoms with Crippen LogP contribution < -0.4 is 5.11 Å². The molecule has 2 nitrogen and oxygen atoms in total. The molecule has 23 heavy (non-hydrogen) atoms. The average molecular weight is 330 g/mol. The number of hydrogen-bond donors (Lipinski definition) is 0. The molecule has 0 rings (SSSR count). The first kappa shape index (κ1) is 25.2. The molecule has 0 radical (unpaired) electrons. The molecule has 0 aliphatic rings. The molecule has 0 heterocycles. The lowest BCUT2D eigenvalue weighted by molar-refractivity contribution is -0.888. The van der Waals surface area contributed by atoms with Crippen molar-refractivity contribution in [3.63, 3.8) is 0 Å². The number of rotatable bonds is 16. The summed E-state index contributed by atoms with van der Waals surface area (Å²) in [6, 6.07) is 0. The molecular weight excluding hydrogens is 282 g/mol. The van der Waals surface area contributed by atoms with Crippen molar-refractivity contribution in [2.24, 2.45) is 0 Å². The maximum atomic E-state index is 8.25. The Hall–Kier alpha value is -0.0800. The molecule has 0 aliphatic heterocycles. The lowest BCUT2D eigenvalue weighted by atomic mass is 10.0. The molecule has 0 unspecified atom stereocenters. The molecule has 0 fully saturated rings. The van der Waals surface area contributed by atoms with Gasteiger partial charge in [0.1, 0.15) is 0 Å². The zero-order valence-electron chi connectivity index (χ0n) is 17.2. The van der Waals surface area contributed by atoms with E-state index in [-0.39, 0.29) is 0 Å². The fourth-order valence-electron chi connectivity index (χ4n) is 2.89. The predicted octanol–water partition coefficient (Wildman–Crippen LogP) is 5.54. The van der Waals surface area contributed by atoms with E-state index < -0.39 is 0 Å². The van der Waals surface area contributed by atoms with Crippen molar-refractivity contribution >= 4 is 0 Å². The summed E-state index contributed by atoms with van der Waals surface area (Å²) in [7, 11) is 5.45. The second kappa shape index (κ2) is 20.0. The van der Waals surface area contributed by atoms with Crippen LogP contribution in [0.15, 0.2) is 0 Å². The van der Waals surface area contributed by atoms with E-state index in [0.717, 1.165) is 7.11 Å². The van der Waals surface area contributed by atoms with E-state index in [4.69, 9.17) is 5.11 Å². The summed E-state index contributed by atoms with van der Waals surface area (Å²) in [4.78, 5) is 0. The van der Waals surface area contributed by atoms with E-state index in [1.165, 1.54) is 107 Å². The smallest absolute Gasteiger partial charge is 0.0782 e. The van der Waals surface area contributed by atoms with Crippen LogP contribution in [-0.2, 0) is 0 Å². The number of hydrogen-bond acceptors (Lipinski definition) is 1. The molecule has 0 bridgehead atoms. The molecule has 0 aromatic carbocycles. The summed E-state index contributed by atoms with van der Waals surface area (Å²) >= 11 is 0. The van der Waals surface area contributed by atoms with Crippen LogP contribution in [0.25, 0.3) is 0 Å². The van der Waals surface area contributed by atoms with Gasteiger partial charge in [0.15, 0.2) is 0 Å². The second-order valence-corrected chi connectivity index (χ2v) is 7.57. The molecular formula is C21H47NO. The summed E-state index contributed by atoms with van der Waals surface area (Å²) in [5.41, 5.74) is 0. The van der Waals surface area contributed by atoms with Gasteiger partial charge in [0.05, 0.1) is 27.2 Å². The van der Waals surface area contributed by atoms with Crippen LogP contribution in [0, 0.1) is 0 Å². The summed E-state index contributed by atoms with van der Waals surface area (Å²) in [6.07, 6.45) is 20.4. The Bertz CT molecular complexity index is 204. The van der Waals surface area contributed by atoms with Gasteiger partial charge in [0.2, 0.25) is 0 Å². The standard InChI is InChI=1S/C20H44N.CH3O/c1-5-7-8-9-10-11-12-13-14-15-16-17-18-19-20-21(3,4)6-2;1-2/h5-20H2,1-4H3;1H3/q+1;-1. The Morgan fingerprint density at radius 3 is 1.13 bits per heavy atom. The highest BCUT2D eigenvalue weighted by atomic mass is 16.2. The summed E-state index contributed by atoms with van der Waals surface area (Å²) in [6.45, 7) is 7.21. The van der Waals surface area contributed by atoms with Gasteiger partial charge in [-0.1, -0.05) is 84.0 Å². The Kier molecular flexibility index (Phi) is 21.8. The highest BCUT2D eigenvalue weighted by Gasteiger charge is 2.09. The van der Waals surface area contributed by atoms with Crippen LogP contribution in [0.5, 0.6) is 0 Å². The van der Waals surface area contributed by atoms with Crippen LogP contribution in [0.2, 0.25) is 0 Å². The Labute approximate surface area is 148 Å². The zero-order valence-corrected chi connectivity index (χ0v) is 17.2. The van der Waals surface area contributed by atoms with Gasteiger partial charge in [-0.05, 0) is 19.8 Å². The SMILES string of the molecule is CCCCCCCCCCCCCCCC[N+](C)(C)CC.C[O-]. The summed E-state index contributed by atoms with van der Waals surface area (Å²) in [5.74, 6) is 0. The van der Waals surface area contributed by atoms with E-state index >= 15 is 0 Å². The molecule has 0 atom stereocenters. The van der Waals surface area contributed by atoms with Crippen molar-refractivity contribution in [1.29, 1.82) is 0 Å². The minimum Gasteiger partial charge on any atom is -0.857 e. The molecule has 0 amide bonds. The van der Waals surface area contributed by atoms with Crippen molar-refractivity contribution in [3.8, 4) is 0 Å². The van der Waals surface area contributed by atoms with E-state index in [1.807, 2.05) is 0 Å². The quantitative estimate of drug-likeness (QED) is 0.269. The largest absolute Gasteiger partial charge is 0.857 e. The van der Waals surface area contributed by atoms with Gasteiger partial charge in [0, 0.05) is 0 Å². The first-order chi connectivity index (χ1) is 11.1. The Balaban J connectivity index is 0. The van der Waals surface area contributed by atoms with E-state index in [1.54, 1.807) is 0 Å². The lowest BCUT2D eigenvalue weighted by Crippen LogP contribution is -2.39. The third-order valence-electron chi connectivity index (χ3n) is 4.97. The van der Waals surface area contributed by atoms with Crippen LogP contribution in [0.1, 0.15) is 104 Å². The maximum absolute atomic E-state index is 8.25. The molecule has 142 valence electrons. The third-order valence-corrected chi connectivity index (χ3v) is 4.97. The normalized spacial score (nSPS) is 11.2. The predicted molar refractivity (Wildman–Crippen MR) is 104 cm³/mol. The van der Waals surface area contributed by atoms with E-state index in [9.17, 15) is 0 Å². The van der Waals surface area contributed by atoms with Crippen LogP contribution in [-0.4, -0.2) is 38.8 Å². The highest BCUT2D eigenvalue weighted by molar-refractivity contribution is 4.49. The van der Waals surface area contributed by atoms with Crippen molar-refractivity contribution < 1.29 is 9.59 Å². The Morgan fingerprint density at radius 1 is 0.522 bits per heavy atom. The van der Waals surface area contributed by atoms with Crippen molar-refractivity contribution in [2.75, 3.05) is 34.3 Å². The minimum atomic E-state index is 0.750. The van der Waals surface area contributed by atoms with Gasteiger partial charge in [-0.15, -0.1) is 0 Å². The van der Waals surface area contributed by atoms with Crippen molar-refractivity contribution in [2.45, 2.75) is 104 Å². The topological polar surface area (TPSA) is 23.1 Å². The number of unbranched alkanes of at least 4 members (excludes halogenated alkanes) is 13. The summed E-state index contributed by atoms with van der Waals surface area (Å²) < 4.78 is 1.19. The highest BCUT2D eigenvalue weighted by Crippen LogP contribution is 2.13. The van der Waals surface area contributed by atoms with Gasteiger partial charge in [-0.25, -0.2) is 0 Å². The average Bonchev–Trinajstić information content (AvgIpc) is 2.57. The van der Waals surface area contributed by atoms with Gasteiger partial charge in [-0.3, -0.25) is 0 Å². The van der Waals surface area contributed by atoms with E-state index in [0.29, 0.717) is 0 Å². The lowest BCUT2D eigenvalue weighted by Gasteiger charge is -2.28. The molecule has 0 spiro atoms. The van der Waals surface area contributed by atoms with Crippen molar-refractivity contribution in [1.82, 2.24) is 0 Å². The molecule has 0 saturated carbocycles. The fourth-order valence-corrected chi connectivity index (χ4v) is 2.89. The first-order valence-corrected chi connectivity index (χ1v) is 10.3. The number of quaternary nitrogens is 1. The van der Waals surface area contributed by atoms with Gasteiger partial charge >= 0.3 is 0 Å². The molecule has 0 aliphatic carbocycles. The summed E-state index contributed by atoms with van der Waals surface area (Å²) in [5, 5.41) is 8.25. The maximum Gasteiger partial charge on any atom is 0.0782 e. The van der Waals surface area contributed by atoms with Crippen LogP contribution >= 0.6 is 0 Å².